The number of carbonyl (C=O) groups is 1. The van der Waals surface area contributed by atoms with Gasteiger partial charge in [0.25, 0.3) is 0 Å². The van der Waals surface area contributed by atoms with Crippen LogP contribution in [-0.2, 0) is 4.74 Å². The van der Waals surface area contributed by atoms with Crippen LogP contribution in [0.2, 0.25) is 0 Å². The van der Waals surface area contributed by atoms with E-state index in [0.29, 0.717) is 12.8 Å². The van der Waals surface area contributed by atoms with E-state index in [1.807, 2.05) is 0 Å². The summed E-state index contributed by atoms with van der Waals surface area (Å²) in [4.78, 5) is 25.7. The Morgan fingerprint density at radius 1 is 1.30 bits per heavy atom. The number of halogens is 3. The first-order chi connectivity index (χ1) is 13.8. The number of benzene rings is 1. The summed E-state index contributed by atoms with van der Waals surface area (Å²) in [5.41, 5.74) is 3.36. The van der Waals surface area contributed by atoms with Gasteiger partial charge in [-0.1, -0.05) is 0 Å². The van der Waals surface area contributed by atoms with Crippen molar-refractivity contribution in [3.05, 3.63) is 33.6 Å². The highest BCUT2D eigenvalue weighted by atomic mass is 35.5. The van der Waals surface area contributed by atoms with Gasteiger partial charge in [0.2, 0.25) is 5.43 Å². The number of anilines is 2. The molecule has 1 aromatic carbocycles. The summed E-state index contributed by atoms with van der Waals surface area (Å²) in [5.74, 6) is -3.45. The van der Waals surface area contributed by atoms with Gasteiger partial charge >= 0.3 is 5.97 Å². The van der Waals surface area contributed by atoms with Crippen molar-refractivity contribution in [1.82, 2.24) is 9.88 Å². The molecule has 2 fully saturated rings. The summed E-state index contributed by atoms with van der Waals surface area (Å²) in [6, 6.07) is -0.297. The molecule has 1 saturated heterocycles. The zero-order valence-electron chi connectivity index (χ0n) is 16.4. The predicted molar refractivity (Wildman–Crippen MR) is 111 cm³/mol. The Morgan fingerprint density at radius 2 is 1.97 bits per heavy atom. The van der Waals surface area contributed by atoms with Gasteiger partial charge in [-0.15, -0.1) is 12.4 Å². The highest BCUT2D eigenvalue weighted by Crippen LogP contribution is 2.42. The van der Waals surface area contributed by atoms with Gasteiger partial charge in [0.05, 0.1) is 28.7 Å². The molecule has 2 atom stereocenters. The number of aromatic nitrogens is 1. The molecule has 164 valence electrons. The van der Waals surface area contributed by atoms with Crippen LogP contribution in [0.3, 0.4) is 0 Å². The lowest BCUT2D eigenvalue weighted by atomic mass is 10.1. The number of hydrogen-bond donors (Lipinski definition) is 3. The van der Waals surface area contributed by atoms with Gasteiger partial charge in [0.1, 0.15) is 11.3 Å². The first kappa shape index (κ1) is 22.3. The van der Waals surface area contributed by atoms with E-state index in [0.717, 1.165) is 6.20 Å². The molecule has 4 rings (SSSR count). The highest BCUT2D eigenvalue weighted by molar-refractivity contribution is 5.99. The average Bonchev–Trinajstić information content (AvgIpc) is 3.45. The van der Waals surface area contributed by atoms with Gasteiger partial charge < -0.3 is 30.4 Å². The molecule has 11 heteroatoms. The van der Waals surface area contributed by atoms with Crippen LogP contribution in [0.5, 0.6) is 0 Å². The molecule has 2 aromatic rings. The molecule has 30 heavy (non-hydrogen) atoms. The summed E-state index contributed by atoms with van der Waals surface area (Å²) in [6.07, 6.45) is 2.27. The second-order valence-electron chi connectivity index (χ2n) is 7.50. The minimum Gasteiger partial charge on any atom is -0.477 e. The molecular weight excluding hydrogens is 422 g/mol. The summed E-state index contributed by atoms with van der Waals surface area (Å²) in [5, 5.41) is 12.0. The molecule has 4 N–H and O–H groups in total. The lowest BCUT2D eigenvalue weighted by molar-refractivity contribution is 0.0694. The van der Waals surface area contributed by atoms with Gasteiger partial charge in [-0.2, -0.15) is 0 Å². The molecule has 0 amide bonds. The Balaban J connectivity index is 0.00000256. The van der Waals surface area contributed by atoms with Gasteiger partial charge in [-0.25, -0.2) is 13.6 Å². The number of ether oxygens (including phenoxy) is 1. The number of likely N-dealkylation sites (N-methyl/N-ethyl adjacent to an activating group) is 1. The molecule has 0 radical (unpaired) electrons. The van der Waals surface area contributed by atoms with Gasteiger partial charge in [0.15, 0.2) is 11.6 Å². The number of rotatable bonds is 5. The minimum atomic E-state index is -1.46. The van der Waals surface area contributed by atoms with Crippen molar-refractivity contribution in [1.29, 1.82) is 0 Å². The molecule has 0 spiro atoms. The molecule has 1 aliphatic carbocycles. The normalized spacial score (nSPS) is 21.1. The third kappa shape index (κ3) is 3.28. The van der Waals surface area contributed by atoms with Crippen LogP contribution in [0.4, 0.5) is 20.2 Å². The van der Waals surface area contributed by atoms with Crippen LogP contribution in [0, 0.1) is 11.6 Å². The van der Waals surface area contributed by atoms with Crippen molar-refractivity contribution < 1.29 is 23.4 Å². The largest absolute Gasteiger partial charge is 0.477 e. The first-order valence-electron chi connectivity index (χ1n) is 9.33. The number of nitrogen functional groups attached to an aromatic ring is 1. The smallest absolute Gasteiger partial charge is 0.341 e. The molecule has 1 aliphatic heterocycles. The molecule has 2 aliphatic rings. The van der Waals surface area contributed by atoms with Crippen LogP contribution >= 0.6 is 12.4 Å². The fourth-order valence-corrected chi connectivity index (χ4v) is 4.10. The molecule has 0 unspecified atom stereocenters. The zero-order valence-corrected chi connectivity index (χ0v) is 17.3. The minimum absolute atomic E-state index is 0. The number of carboxylic acid groups (broad SMARTS) is 1. The van der Waals surface area contributed by atoms with E-state index in [2.05, 4.69) is 5.32 Å². The standard InChI is InChI=1S/C19H22F2N4O4.ClH/c1-23-10-6-24(7-11(10)29-2)17-13(20)15(22)12-16(14(17)21)25(8-3-4-8)5-9(18(12)26)19(27)28;/h5,8,10-11,23H,3-4,6-7,22H2,1-2H3,(H,27,28);1H/t10-,11+;/m1./s1. The SMILES string of the molecule is CN[C@@H]1CN(c2c(F)c(N)c3c(=O)c(C(=O)O)cn(C4CC4)c3c2F)C[C@@H]1OC.Cl. The van der Waals surface area contributed by atoms with E-state index in [9.17, 15) is 14.7 Å². The Morgan fingerprint density at radius 3 is 2.47 bits per heavy atom. The fourth-order valence-electron chi connectivity index (χ4n) is 4.10. The number of nitrogens with two attached hydrogens (primary N) is 1. The van der Waals surface area contributed by atoms with Crippen molar-refractivity contribution in [2.45, 2.75) is 31.0 Å². The third-order valence-corrected chi connectivity index (χ3v) is 5.79. The van der Waals surface area contributed by atoms with Crippen molar-refractivity contribution in [2.75, 3.05) is 37.9 Å². The van der Waals surface area contributed by atoms with E-state index in [4.69, 9.17) is 10.5 Å². The summed E-state index contributed by atoms with van der Waals surface area (Å²) in [6.45, 7) is 0.524. The molecule has 1 saturated carbocycles. The van der Waals surface area contributed by atoms with Gasteiger partial charge in [-0.3, -0.25) is 4.79 Å². The van der Waals surface area contributed by atoms with E-state index in [1.54, 1.807) is 7.05 Å². The highest BCUT2D eigenvalue weighted by Gasteiger charge is 2.37. The van der Waals surface area contributed by atoms with Crippen LogP contribution in [-0.4, -0.2) is 55.0 Å². The van der Waals surface area contributed by atoms with E-state index >= 15 is 8.78 Å². The molecule has 1 aromatic heterocycles. The van der Waals surface area contributed by atoms with Crippen molar-refractivity contribution in [3.63, 3.8) is 0 Å². The molecule has 2 heterocycles. The van der Waals surface area contributed by atoms with Crippen molar-refractivity contribution >= 4 is 40.7 Å². The van der Waals surface area contributed by atoms with Gasteiger partial charge in [-0.05, 0) is 19.9 Å². The zero-order chi connectivity index (χ0) is 21.0. The third-order valence-electron chi connectivity index (χ3n) is 5.79. The summed E-state index contributed by atoms with van der Waals surface area (Å²) in [7, 11) is 3.26. The number of nitrogens with one attached hydrogen (secondary N) is 1. The number of methoxy groups -OCH3 is 1. The van der Waals surface area contributed by atoms with Crippen molar-refractivity contribution in [2.24, 2.45) is 0 Å². The summed E-state index contributed by atoms with van der Waals surface area (Å²) < 4.78 is 37.7. The second kappa shape index (κ2) is 8.01. The lowest BCUT2D eigenvalue weighted by Gasteiger charge is -2.23. The Labute approximate surface area is 177 Å². The number of carboxylic acids is 1. The topological polar surface area (TPSA) is 110 Å². The van der Waals surface area contributed by atoms with E-state index in [-0.39, 0.29) is 54.9 Å². The molecule has 8 nitrogen and oxygen atoms in total. The first-order valence-corrected chi connectivity index (χ1v) is 9.33. The second-order valence-corrected chi connectivity index (χ2v) is 7.50. The maximum atomic E-state index is 15.7. The van der Waals surface area contributed by atoms with E-state index in [1.165, 1.54) is 16.6 Å². The number of fused-ring (bicyclic) bond motifs is 1. The molecular formula is C19H23ClF2N4O4. The number of pyridine rings is 1. The van der Waals surface area contributed by atoms with Crippen LogP contribution in [0.1, 0.15) is 29.2 Å². The maximum Gasteiger partial charge on any atom is 0.341 e. The number of aromatic carboxylic acids is 1. The van der Waals surface area contributed by atoms with Crippen LogP contribution in [0.15, 0.2) is 11.0 Å². The average molecular weight is 445 g/mol. The Hall–Kier alpha value is -2.43. The predicted octanol–water partition coefficient (Wildman–Crippen LogP) is 1.74. The van der Waals surface area contributed by atoms with E-state index < -0.39 is 39.7 Å². The Bertz CT molecular complexity index is 1060. The maximum absolute atomic E-state index is 15.7. The fraction of sp³-hybridized carbons (Fsp3) is 0.474. The van der Waals surface area contributed by atoms with Crippen LogP contribution in [0.25, 0.3) is 10.9 Å². The lowest BCUT2D eigenvalue weighted by Crippen LogP contribution is -2.37. The number of nitrogens with zero attached hydrogens (tertiary/aromatic N) is 2. The molecule has 0 bridgehead atoms. The quantitative estimate of drug-likeness (QED) is 0.602. The number of hydrogen-bond acceptors (Lipinski definition) is 6. The summed E-state index contributed by atoms with van der Waals surface area (Å²) >= 11 is 0. The monoisotopic (exact) mass is 444 g/mol. The van der Waals surface area contributed by atoms with Gasteiger partial charge in [0, 0.05) is 32.4 Å². The Kier molecular flexibility index (Phi) is 5.94. The van der Waals surface area contributed by atoms with Crippen LogP contribution < -0.4 is 21.4 Å². The van der Waals surface area contributed by atoms with Crippen molar-refractivity contribution in [3.8, 4) is 0 Å².